The monoisotopic (exact) mass is 525 g/mol. The SMILES string of the molecule is CCOc1cc(/C=C2/C(=N)N3OC(C)=CC3=NC2=O)cc(Br)c1OCCOc1ccccc1C. The van der Waals surface area contributed by atoms with E-state index in [1.165, 1.54) is 5.06 Å². The molecule has 34 heavy (non-hydrogen) atoms. The van der Waals surface area contributed by atoms with E-state index in [4.69, 9.17) is 24.5 Å². The second kappa shape index (κ2) is 10.1. The molecule has 2 heterocycles. The smallest absolute Gasteiger partial charge is 0.282 e. The summed E-state index contributed by atoms with van der Waals surface area (Å²) in [6, 6.07) is 11.3. The zero-order valence-corrected chi connectivity index (χ0v) is 20.6. The fraction of sp³-hybridized carbons (Fsp3) is 0.240. The molecule has 0 spiro atoms. The van der Waals surface area contributed by atoms with E-state index in [-0.39, 0.29) is 11.4 Å². The molecular weight excluding hydrogens is 502 g/mol. The quantitative estimate of drug-likeness (QED) is 0.382. The number of hydrogen-bond donors (Lipinski definition) is 1. The van der Waals surface area contributed by atoms with Crippen molar-refractivity contribution in [3.63, 3.8) is 0 Å². The number of nitrogens with one attached hydrogen (secondary N) is 1. The van der Waals surface area contributed by atoms with Crippen molar-refractivity contribution in [1.29, 1.82) is 5.41 Å². The molecule has 1 amide bonds. The van der Waals surface area contributed by atoms with Crippen molar-refractivity contribution in [2.45, 2.75) is 20.8 Å². The average molecular weight is 526 g/mol. The van der Waals surface area contributed by atoms with Crippen molar-refractivity contribution in [2.24, 2.45) is 4.99 Å². The molecule has 2 aromatic rings. The van der Waals surface area contributed by atoms with Gasteiger partial charge in [-0.1, -0.05) is 18.2 Å². The van der Waals surface area contributed by atoms with E-state index in [0.29, 0.717) is 53.0 Å². The Hall–Kier alpha value is -3.59. The van der Waals surface area contributed by atoms with Crippen LogP contribution in [0.3, 0.4) is 0 Å². The number of rotatable bonds is 8. The van der Waals surface area contributed by atoms with Crippen molar-refractivity contribution in [1.82, 2.24) is 5.06 Å². The number of aliphatic imine (C=N–C) groups is 1. The molecule has 8 nitrogen and oxygen atoms in total. The summed E-state index contributed by atoms with van der Waals surface area (Å²) in [6.45, 7) is 6.71. The topological polar surface area (TPSA) is 93.4 Å². The van der Waals surface area contributed by atoms with Gasteiger partial charge in [0.15, 0.2) is 23.2 Å². The van der Waals surface area contributed by atoms with Crippen LogP contribution in [-0.2, 0) is 9.63 Å². The largest absolute Gasteiger partial charge is 0.490 e. The molecule has 0 radical (unpaired) electrons. The molecule has 0 fully saturated rings. The van der Waals surface area contributed by atoms with Gasteiger partial charge in [0.25, 0.3) is 5.91 Å². The van der Waals surface area contributed by atoms with Crippen molar-refractivity contribution >= 4 is 39.6 Å². The van der Waals surface area contributed by atoms with E-state index in [0.717, 1.165) is 11.3 Å². The lowest BCUT2D eigenvalue weighted by atomic mass is 10.1. The van der Waals surface area contributed by atoms with E-state index in [1.807, 2.05) is 38.1 Å². The fourth-order valence-electron chi connectivity index (χ4n) is 3.46. The number of para-hydroxylation sites is 1. The van der Waals surface area contributed by atoms with Crippen LogP contribution in [0.5, 0.6) is 17.2 Å². The van der Waals surface area contributed by atoms with Crippen molar-refractivity contribution in [2.75, 3.05) is 19.8 Å². The highest BCUT2D eigenvalue weighted by Crippen LogP contribution is 2.38. The van der Waals surface area contributed by atoms with Gasteiger partial charge in [-0.2, -0.15) is 4.99 Å². The Kier molecular flexibility index (Phi) is 7.02. The molecule has 0 saturated carbocycles. The van der Waals surface area contributed by atoms with Crippen molar-refractivity contribution < 1.29 is 23.8 Å². The maximum Gasteiger partial charge on any atom is 0.282 e. The van der Waals surface area contributed by atoms with Crippen LogP contribution in [0.25, 0.3) is 6.08 Å². The number of hydroxylamine groups is 2. The van der Waals surface area contributed by atoms with Gasteiger partial charge < -0.3 is 19.0 Å². The van der Waals surface area contributed by atoms with Crippen LogP contribution in [-0.4, -0.2) is 42.5 Å². The maximum absolute atomic E-state index is 12.5. The first kappa shape index (κ1) is 23.6. The molecule has 0 aromatic heterocycles. The molecule has 0 aliphatic carbocycles. The van der Waals surface area contributed by atoms with Crippen LogP contribution in [0.15, 0.2) is 63.3 Å². The van der Waals surface area contributed by atoms with Crippen LogP contribution in [0.2, 0.25) is 0 Å². The lowest BCUT2D eigenvalue weighted by Crippen LogP contribution is -2.38. The molecule has 2 aromatic carbocycles. The molecule has 0 atom stereocenters. The molecule has 2 aliphatic rings. The van der Waals surface area contributed by atoms with Gasteiger partial charge in [0.1, 0.15) is 24.7 Å². The molecule has 0 unspecified atom stereocenters. The lowest BCUT2D eigenvalue weighted by molar-refractivity contribution is -0.114. The zero-order chi connectivity index (χ0) is 24.2. The Balaban J connectivity index is 1.51. The van der Waals surface area contributed by atoms with Crippen molar-refractivity contribution in [3.05, 3.63) is 69.4 Å². The fourth-order valence-corrected chi connectivity index (χ4v) is 4.03. The number of aryl methyl sites for hydroxylation is 1. The number of benzene rings is 2. The third-order valence-electron chi connectivity index (χ3n) is 5.00. The highest BCUT2D eigenvalue weighted by atomic mass is 79.9. The predicted octanol–water partition coefficient (Wildman–Crippen LogP) is 5.06. The first-order valence-corrected chi connectivity index (χ1v) is 11.5. The van der Waals surface area contributed by atoms with E-state index in [9.17, 15) is 4.79 Å². The van der Waals surface area contributed by atoms with Gasteiger partial charge in [-0.05, 0) is 72.1 Å². The number of carbonyl (C=O) groups is 1. The molecule has 176 valence electrons. The first-order chi connectivity index (χ1) is 16.4. The highest BCUT2D eigenvalue weighted by molar-refractivity contribution is 9.10. The Labute approximate surface area is 206 Å². The summed E-state index contributed by atoms with van der Waals surface area (Å²) < 4.78 is 18.2. The van der Waals surface area contributed by atoms with Gasteiger partial charge in [0, 0.05) is 6.08 Å². The normalized spacial score (nSPS) is 16.1. The second-order valence-corrected chi connectivity index (χ2v) is 8.40. The van der Waals surface area contributed by atoms with E-state index < -0.39 is 5.91 Å². The van der Waals surface area contributed by atoms with Gasteiger partial charge in [0.2, 0.25) is 0 Å². The van der Waals surface area contributed by atoms with Gasteiger partial charge in [-0.3, -0.25) is 10.2 Å². The minimum Gasteiger partial charge on any atom is -0.490 e. The number of fused-ring (bicyclic) bond motifs is 1. The third kappa shape index (κ3) is 4.99. The summed E-state index contributed by atoms with van der Waals surface area (Å²) in [6.07, 6.45) is 3.20. The number of carbonyl (C=O) groups excluding carboxylic acids is 1. The summed E-state index contributed by atoms with van der Waals surface area (Å²) in [5, 5.41) is 9.62. The summed E-state index contributed by atoms with van der Waals surface area (Å²) >= 11 is 3.54. The predicted molar refractivity (Wildman–Crippen MR) is 132 cm³/mol. The Morgan fingerprint density at radius 3 is 2.65 bits per heavy atom. The Morgan fingerprint density at radius 1 is 1.12 bits per heavy atom. The van der Waals surface area contributed by atoms with E-state index >= 15 is 0 Å². The number of ether oxygens (including phenoxy) is 3. The van der Waals surface area contributed by atoms with Crippen LogP contribution in [0.1, 0.15) is 25.0 Å². The molecule has 4 rings (SSSR count). The average Bonchev–Trinajstić information content (AvgIpc) is 3.17. The number of allylic oxidation sites excluding steroid dienone is 1. The molecule has 9 heteroatoms. The van der Waals surface area contributed by atoms with Gasteiger partial charge in [-0.25, -0.2) is 0 Å². The number of halogens is 1. The molecule has 0 bridgehead atoms. The summed E-state index contributed by atoms with van der Waals surface area (Å²) in [4.78, 5) is 22.0. The number of amidine groups is 2. The molecule has 1 N–H and O–H groups in total. The summed E-state index contributed by atoms with van der Waals surface area (Å²) in [5.41, 5.74) is 1.82. The van der Waals surface area contributed by atoms with E-state index in [2.05, 4.69) is 20.9 Å². The minimum atomic E-state index is -0.506. The van der Waals surface area contributed by atoms with Crippen LogP contribution >= 0.6 is 15.9 Å². The summed E-state index contributed by atoms with van der Waals surface area (Å²) in [7, 11) is 0. The van der Waals surface area contributed by atoms with E-state index in [1.54, 1.807) is 31.2 Å². The number of amides is 1. The standard InChI is InChI=1S/C25H24BrN3O5/c1-4-31-21-14-17(12-18-24(27)29-22(28-25(18)30)11-16(3)34-29)13-19(26)23(21)33-10-9-32-20-8-6-5-7-15(20)2/h5-8,11-14,27H,4,9-10H2,1-3H3/b18-12-,27-24?. The van der Waals surface area contributed by atoms with Crippen LogP contribution in [0, 0.1) is 12.3 Å². The highest BCUT2D eigenvalue weighted by Gasteiger charge is 2.34. The first-order valence-electron chi connectivity index (χ1n) is 10.7. The van der Waals surface area contributed by atoms with Crippen LogP contribution in [0.4, 0.5) is 0 Å². The molecular formula is C25H24BrN3O5. The Morgan fingerprint density at radius 2 is 1.88 bits per heavy atom. The van der Waals surface area contributed by atoms with Gasteiger partial charge in [0.05, 0.1) is 16.7 Å². The second-order valence-electron chi connectivity index (χ2n) is 7.55. The van der Waals surface area contributed by atoms with Crippen LogP contribution < -0.4 is 14.2 Å². The van der Waals surface area contributed by atoms with Crippen molar-refractivity contribution in [3.8, 4) is 17.2 Å². The van der Waals surface area contributed by atoms with Gasteiger partial charge in [-0.15, -0.1) is 5.06 Å². The summed E-state index contributed by atoms with van der Waals surface area (Å²) in [5.74, 6) is 2.14. The number of nitrogens with zero attached hydrogens (tertiary/aromatic N) is 2. The third-order valence-corrected chi connectivity index (χ3v) is 5.59. The maximum atomic E-state index is 12.5. The molecule has 0 saturated heterocycles. The van der Waals surface area contributed by atoms with Gasteiger partial charge >= 0.3 is 0 Å². The number of hydrogen-bond acceptors (Lipinski definition) is 6. The zero-order valence-electron chi connectivity index (χ0n) is 19.1. The molecule has 2 aliphatic heterocycles. The Bertz CT molecular complexity index is 1240. The lowest BCUT2D eigenvalue weighted by Gasteiger charge is -2.23. The minimum absolute atomic E-state index is 0.0779.